The van der Waals surface area contributed by atoms with Gasteiger partial charge in [0.1, 0.15) is 0 Å². The number of hydrogen-bond donors (Lipinski definition) is 3. The van der Waals surface area contributed by atoms with Crippen molar-refractivity contribution >= 4 is 10.9 Å². The van der Waals surface area contributed by atoms with Crippen molar-refractivity contribution in [2.45, 2.75) is 38.4 Å². The van der Waals surface area contributed by atoms with E-state index in [9.17, 15) is 0 Å². The highest BCUT2D eigenvalue weighted by atomic mass is 14.9. The molecule has 1 aromatic carbocycles. The number of fused-ring (bicyclic) bond motifs is 1. The van der Waals surface area contributed by atoms with Crippen LogP contribution in [-0.4, -0.2) is 11.0 Å². The molecule has 0 saturated heterocycles. The quantitative estimate of drug-likeness (QED) is 0.753. The highest BCUT2D eigenvalue weighted by Gasteiger charge is 2.16. The van der Waals surface area contributed by atoms with E-state index in [2.05, 4.69) is 34.6 Å². The van der Waals surface area contributed by atoms with Crippen LogP contribution in [0.25, 0.3) is 10.9 Å². The standard InChI is InChI=1S/C14H19N3/c15-8-10-4-5-14-11(6-10)7-13(17-14)9-16-12-2-1-3-12/h4-7,12,16-17H,1-3,8-9,15H2. The lowest BCUT2D eigenvalue weighted by Gasteiger charge is -2.26. The summed E-state index contributed by atoms with van der Waals surface area (Å²) in [5.41, 5.74) is 9.31. The Kier molecular flexibility index (Phi) is 2.87. The van der Waals surface area contributed by atoms with Crippen LogP contribution in [-0.2, 0) is 13.1 Å². The van der Waals surface area contributed by atoms with E-state index in [0.717, 1.165) is 12.6 Å². The second-order valence-electron chi connectivity index (χ2n) is 4.93. The van der Waals surface area contributed by atoms with Gasteiger partial charge in [0.2, 0.25) is 0 Å². The Hall–Kier alpha value is -1.32. The zero-order chi connectivity index (χ0) is 11.7. The molecule has 4 N–H and O–H groups in total. The molecule has 0 radical (unpaired) electrons. The fourth-order valence-corrected chi connectivity index (χ4v) is 2.33. The summed E-state index contributed by atoms with van der Waals surface area (Å²) in [6.45, 7) is 1.55. The third-order valence-electron chi connectivity index (χ3n) is 3.66. The number of H-pyrrole nitrogens is 1. The van der Waals surface area contributed by atoms with E-state index in [1.807, 2.05) is 0 Å². The zero-order valence-corrected chi connectivity index (χ0v) is 10.00. The van der Waals surface area contributed by atoms with Crippen molar-refractivity contribution in [3.63, 3.8) is 0 Å². The van der Waals surface area contributed by atoms with Crippen LogP contribution in [0, 0.1) is 0 Å². The van der Waals surface area contributed by atoms with Crippen LogP contribution in [0.2, 0.25) is 0 Å². The molecule has 1 aliphatic rings. The van der Waals surface area contributed by atoms with Gasteiger partial charge in [-0.3, -0.25) is 0 Å². The Labute approximate surface area is 101 Å². The van der Waals surface area contributed by atoms with Gasteiger partial charge in [-0.25, -0.2) is 0 Å². The van der Waals surface area contributed by atoms with Crippen molar-refractivity contribution < 1.29 is 0 Å². The SMILES string of the molecule is NCc1ccc2[nH]c(CNC3CCC3)cc2c1. The van der Waals surface area contributed by atoms with E-state index in [1.54, 1.807) is 0 Å². The van der Waals surface area contributed by atoms with E-state index in [-0.39, 0.29) is 0 Å². The molecule has 0 unspecified atom stereocenters. The summed E-state index contributed by atoms with van der Waals surface area (Å²) >= 11 is 0. The van der Waals surface area contributed by atoms with Gasteiger partial charge in [0.05, 0.1) is 0 Å². The predicted molar refractivity (Wildman–Crippen MR) is 70.7 cm³/mol. The molecule has 1 aliphatic carbocycles. The van der Waals surface area contributed by atoms with Crippen LogP contribution in [0.3, 0.4) is 0 Å². The summed E-state index contributed by atoms with van der Waals surface area (Å²) in [6, 6.07) is 9.33. The second-order valence-corrected chi connectivity index (χ2v) is 4.93. The molecule has 90 valence electrons. The molecular weight excluding hydrogens is 210 g/mol. The van der Waals surface area contributed by atoms with Gasteiger partial charge in [-0.1, -0.05) is 12.5 Å². The van der Waals surface area contributed by atoms with Crippen molar-refractivity contribution in [2.75, 3.05) is 0 Å². The number of hydrogen-bond acceptors (Lipinski definition) is 2. The molecule has 1 heterocycles. The van der Waals surface area contributed by atoms with Gasteiger partial charge in [0, 0.05) is 35.7 Å². The minimum Gasteiger partial charge on any atom is -0.357 e. The van der Waals surface area contributed by atoms with Gasteiger partial charge in [-0.15, -0.1) is 0 Å². The lowest BCUT2D eigenvalue weighted by molar-refractivity contribution is 0.337. The summed E-state index contributed by atoms with van der Waals surface area (Å²) < 4.78 is 0. The monoisotopic (exact) mass is 229 g/mol. The van der Waals surface area contributed by atoms with Crippen LogP contribution in [0.1, 0.15) is 30.5 Å². The van der Waals surface area contributed by atoms with Gasteiger partial charge in [0.15, 0.2) is 0 Å². The van der Waals surface area contributed by atoms with Crippen molar-refractivity contribution in [1.29, 1.82) is 0 Å². The van der Waals surface area contributed by atoms with Gasteiger partial charge in [-0.2, -0.15) is 0 Å². The Balaban J connectivity index is 1.75. The van der Waals surface area contributed by atoms with E-state index >= 15 is 0 Å². The van der Waals surface area contributed by atoms with E-state index in [0.29, 0.717) is 6.54 Å². The fraction of sp³-hybridized carbons (Fsp3) is 0.429. The third kappa shape index (κ3) is 2.21. The molecule has 0 amide bonds. The van der Waals surface area contributed by atoms with Crippen LogP contribution in [0.5, 0.6) is 0 Å². The summed E-state index contributed by atoms with van der Waals surface area (Å²) in [5, 5.41) is 4.83. The van der Waals surface area contributed by atoms with Crippen molar-refractivity contribution in [2.24, 2.45) is 5.73 Å². The maximum Gasteiger partial charge on any atom is 0.0456 e. The summed E-state index contributed by atoms with van der Waals surface area (Å²) in [4.78, 5) is 3.45. The average Bonchev–Trinajstić information content (AvgIpc) is 2.68. The first kappa shape index (κ1) is 10.8. The first-order chi connectivity index (χ1) is 8.35. The molecule has 0 bridgehead atoms. The Morgan fingerprint density at radius 1 is 1.29 bits per heavy atom. The third-order valence-corrected chi connectivity index (χ3v) is 3.66. The predicted octanol–water partition coefficient (Wildman–Crippen LogP) is 2.27. The number of nitrogens with two attached hydrogens (primary N) is 1. The van der Waals surface area contributed by atoms with Gasteiger partial charge < -0.3 is 16.0 Å². The van der Waals surface area contributed by atoms with Crippen LogP contribution in [0.15, 0.2) is 24.3 Å². The lowest BCUT2D eigenvalue weighted by atomic mass is 9.93. The maximum atomic E-state index is 5.65. The number of aromatic amines is 1. The smallest absolute Gasteiger partial charge is 0.0456 e. The minimum absolute atomic E-state index is 0.608. The first-order valence-electron chi connectivity index (χ1n) is 6.39. The maximum absolute atomic E-state index is 5.65. The molecule has 0 atom stereocenters. The lowest BCUT2D eigenvalue weighted by Crippen LogP contribution is -2.34. The summed E-state index contributed by atoms with van der Waals surface area (Å²) in [7, 11) is 0. The van der Waals surface area contributed by atoms with Crippen LogP contribution >= 0.6 is 0 Å². The molecule has 0 spiro atoms. The Bertz CT molecular complexity index is 511. The van der Waals surface area contributed by atoms with E-state index in [1.165, 1.54) is 41.4 Å². The number of aromatic nitrogens is 1. The first-order valence-corrected chi connectivity index (χ1v) is 6.39. The summed E-state index contributed by atoms with van der Waals surface area (Å²) in [6.07, 6.45) is 4.04. The average molecular weight is 229 g/mol. The molecule has 2 aromatic rings. The highest BCUT2D eigenvalue weighted by molar-refractivity contribution is 5.81. The molecule has 3 rings (SSSR count). The largest absolute Gasteiger partial charge is 0.357 e. The van der Waals surface area contributed by atoms with Gasteiger partial charge in [-0.05, 0) is 36.6 Å². The summed E-state index contributed by atoms with van der Waals surface area (Å²) in [5.74, 6) is 0. The minimum atomic E-state index is 0.608. The molecule has 0 aliphatic heterocycles. The molecule has 3 heteroatoms. The van der Waals surface area contributed by atoms with Crippen LogP contribution < -0.4 is 11.1 Å². The fourth-order valence-electron chi connectivity index (χ4n) is 2.33. The van der Waals surface area contributed by atoms with Gasteiger partial charge >= 0.3 is 0 Å². The Morgan fingerprint density at radius 2 is 2.18 bits per heavy atom. The molecule has 1 aromatic heterocycles. The van der Waals surface area contributed by atoms with Crippen molar-refractivity contribution in [3.05, 3.63) is 35.5 Å². The molecule has 17 heavy (non-hydrogen) atoms. The number of nitrogens with one attached hydrogen (secondary N) is 2. The molecule has 1 saturated carbocycles. The second kappa shape index (κ2) is 4.51. The molecule has 1 fully saturated rings. The topological polar surface area (TPSA) is 53.8 Å². The zero-order valence-electron chi connectivity index (χ0n) is 10.00. The normalized spacial score (nSPS) is 16.3. The number of benzene rings is 1. The Morgan fingerprint density at radius 3 is 2.88 bits per heavy atom. The van der Waals surface area contributed by atoms with E-state index < -0.39 is 0 Å². The molecule has 3 nitrogen and oxygen atoms in total. The van der Waals surface area contributed by atoms with Gasteiger partial charge in [0.25, 0.3) is 0 Å². The van der Waals surface area contributed by atoms with Crippen LogP contribution in [0.4, 0.5) is 0 Å². The van der Waals surface area contributed by atoms with Crippen molar-refractivity contribution in [1.82, 2.24) is 10.3 Å². The van der Waals surface area contributed by atoms with E-state index in [4.69, 9.17) is 5.73 Å². The molecular formula is C14H19N3. The number of rotatable bonds is 4. The van der Waals surface area contributed by atoms with Crippen molar-refractivity contribution in [3.8, 4) is 0 Å². The highest BCUT2D eigenvalue weighted by Crippen LogP contribution is 2.20.